The molecule has 12 heteroatoms. The molecule has 0 spiro atoms. The first-order valence-electron chi connectivity index (χ1n) is 13.3. The summed E-state index contributed by atoms with van der Waals surface area (Å²) in [6.45, 7) is 5.76. The SMILES string of the molecule is CC(C)(O)O[C@H](Cc1nc(-c2ccc(-c3ccc(-c4cnc([C@@H](CC(N)=O)OC(C)(C)O)[nH]4)cc3)cc2)co1)C(N)=O. The molecule has 2 heterocycles. The molecule has 2 amide bonds. The van der Waals surface area contributed by atoms with Gasteiger partial charge in [0, 0.05) is 5.56 Å². The number of primary amides is 2. The van der Waals surface area contributed by atoms with Crippen LogP contribution >= 0.6 is 0 Å². The first-order valence-corrected chi connectivity index (χ1v) is 13.3. The van der Waals surface area contributed by atoms with Gasteiger partial charge < -0.3 is 40.6 Å². The summed E-state index contributed by atoms with van der Waals surface area (Å²) in [5, 5.41) is 19.9. The Kier molecular flexibility index (Phi) is 8.92. The Morgan fingerprint density at radius 3 is 1.98 bits per heavy atom. The number of H-pyrrole nitrogens is 1. The summed E-state index contributed by atoms with van der Waals surface area (Å²) in [4.78, 5) is 35.2. The number of hydrogen-bond acceptors (Lipinski definition) is 9. The van der Waals surface area contributed by atoms with Gasteiger partial charge in [-0.25, -0.2) is 9.97 Å². The number of nitrogens with two attached hydrogens (primary N) is 2. The van der Waals surface area contributed by atoms with Crippen molar-refractivity contribution in [2.45, 2.75) is 64.3 Å². The molecule has 0 unspecified atom stereocenters. The zero-order chi connectivity index (χ0) is 30.7. The number of aliphatic hydroxyl groups is 2. The molecule has 0 saturated carbocycles. The van der Waals surface area contributed by atoms with Gasteiger partial charge in [-0.2, -0.15) is 0 Å². The van der Waals surface area contributed by atoms with Crippen LogP contribution in [0.2, 0.25) is 0 Å². The molecule has 0 aliphatic heterocycles. The number of amides is 2. The number of nitrogens with zero attached hydrogens (tertiary/aromatic N) is 2. The van der Waals surface area contributed by atoms with Crippen molar-refractivity contribution in [2.75, 3.05) is 0 Å². The van der Waals surface area contributed by atoms with E-state index >= 15 is 0 Å². The van der Waals surface area contributed by atoms with Crippen LogP contribution in [0.5, 0.6) is 0 Å². The molecule has 222 valence electrons. The molecule has 0 fully saturated rings. The van der Waals surface area contributed by atoms with Crippen LogP contribution in [0.1, 0.15) is 51.9 Å². The maximum atomic E-state index is 11.7. The van der Waals surface area contributed by atoms with E-state index in [0.717, 1.165) is 22.3 Å². The van der Waals surface area contributed by atoms with Crippen LogP contribution in [0.15, 0.2) is 65.4 Å². The summed E-state index contributed by atoms with van der Waals surface area (Å²) in [5.41, 5.74) is 15.7. The molecule has 0 saturated heterocycles. The second kappa shape index (κ2) is 12.2. The van der Waals surface area contributed by atoms with E-state index in [-0.39, 0.29) is 18.7 Å². The fraction of sp³-hybridized carbons (Fsp3) is 0.333. The Morgan fingerprint density at radius 2 is 1.45 bits per heavy atom. The number of nitrogens with one attached hydrogen (secondary N) is 1. The number of carbonyl (C=O) groups is 2. The number of hydrogen-bond donors (Lipinski definition) is 5. The fourth-order valence-electron chi connectivity index (χ4n) is 4.29. The third kappa shape index (κ3) is 8.33. The predicted molar refractivity (Wildman–Crippen MR) is 153 cm³/mol. The van der Waals surface area contributed by atoms with Crippen molar-refractivity contribution in [2.24, 2.45) is 11.5 Å². The highest BCUT2D eigenvalue weighted by Crippen LogP contribution is 2.29. The lowest BCUT2D eigenvalue weighted by Gasteiger charge is -2.24. The normalized spacial score (nSPS) is 13.6. The van der Waals surface area contributed by atoms with Crippen LogP contribution in [-0.4, -0.2) is 54.7 Å². The van der Waals surface area contributed by atoms with Crippen LogP contribution in [0, 0.1) is 0 Å². The van der Waals surface area contributed by atoms with Crippen molar-refractivity contribution < 1.29 is 33.7 Å². The van der Waals surface area contributed by atoms with Gasteiger partial charge in [0.1, 0.15) is 30.0 Å². The minimum Gasteiger partial charge on any atom is -0.448 e. The lowest BCUT2D eigenvalue weighted by molar-refractivity contribution is -0.210. The maximum absolute atomic E-state index is 11.7. The topological polar surface area (TPSA) is 200 Å². The van der Waals surface area contributed by atoms with E-state index in [1.54, 1.807) is 6.20 Å². The molecule has 0 aliphatic carbocycles. The number of carbonyl (C=O) groups excluding carboxylic acids is 2. The predicted octanol–water partition coefficient (Wildman–Crippen LogP) is 3.20. The van der Waals surface area contributed by atoms with Gasteiger partial charge in [-0.05, 0) is 44.4 Å². The molecule has 42 heavy (non-hydrogen) atoms. The highest BCUT2D eigenvalue weighted by molar-refractivity contribution is 5.79. The summed E-state index contributed by atoms with van der Waals surface area (Å²) in [6, 6.07) is 15.6. The molecule has 2 atom stereocenters. The van der Waals surface area contributed by atoms with Crippen LogP contribution in [0.25, 0.3) is 33.6 Å². The maximum Gasteiger partial charge on any atom is 0.247 e. The Balaban J connectivity index is 1.45. The van der Waals surface area contributed by atoms with Gasteiger partial charge in [-0.15, -0.1) is 0 Å². The molecular formula is C30H35N5O7. The monoisotopic (exact) mass is 577 g/mol. The second-order valence-corrected chi connectivity index (χ2v) is 10.8. The molecule has 2 aromatic carbocycles. The van der Waals surface area contributed by atoms with Gasteiger partial charge in [-0.3, -0.25) is 9.59 Å². The van der Waals surface area contributed by atoms with Crippen LogP contribution in [-0.2, 0) is 25.5 Å². The highest BCUT2D eigenvalue weighted by atomic mass is 16.6. The molecule has 4 rings (SSSR count). The molecule has 2 aromatic heterocycles. The molecule has 4 aromatic rings. The summed E-state index contributed by atoms with van der Waals surface area (Å²) < 4.78 is 16.4. The van der Waals surface area contributed by atoms with Gasteiger partial charge in [0.25, 0.3) is 0 Å². The minimum atomic E-state index is -1.54. The summed E-state index contributed by atoms with van der Waals surface area (Å²) >= 11 is 0. The summed E-state index contributed by atoms with van der Waals surface area (Å²) in [5.74, 6) is -3.67. The van der Waals surface area contributed by atoms with Crippen molar-refractivity contribution in [3.8, 4) is 33.6 Å². The standard InChI is InChI=1S/C30H35N5O7/c1-29(2,38)41-23(27(32)37)14-26-34-22(16-40-26)20-11-7-18(8-12-20)17-5-9-19(10-6-17)21-15-33-28(35-21)24(13-25(31)36)42-30(3,4)39/h5-12,15-16,23-24,38-39H,13-14H2,1-4H3,(H2,31,36)(H2,32,37)(H,33,35)/t23-,24-/m1/s1. The number of ether oxygens (including phenoxy) is 2. The number of benzene rings is 2. The van der Waals surface area contributed by atoms with Crippen LogP contribution < -0.4 is 11.5 Å². The van der Waals surface area contributed by atoms with Crippen molar-refractivity contribution in [1.29, 1.82) is 0 Å². The number of oxazole rings is 1. The van der Waals surface area contributed by atoms with E-state index in [9.17, 15) is 19.8 Å². The highest BCUT2D eigenvalue weighted by Gasteiger charge is 2.28. The van der Waals surface area contributed by atoms with E-state index in [1.165, 1.54) is 34.0 Å². The molecule has 0 radical (unpaired) electrons. The van der Waals surface area contributed by atoms with Crippen molar-refractivity contribution in [3.05, 3.63) is 72.7 Å². The van der Waals surface area contributed by atoms with Crippen LogP contribution in [0.3, 0.4) is 0 Å². The molecule has 7 N–H and O–H groups in total. The van der Waals surface area contributed by atoms with E-state index in [2.05, 4.69) is 15.0 Å². The molecule has 12 nitrogen and oxygen atoms in total. The smallest absolute Gasteiger partial charge is 0.247 e. The Labute approximate surface area is 242 Å². The third-order valence-corrected chi connectivity index (χ3v) is 6.09. The first kappa shape index (κ1) is 30.6. The van der Waals surface area contributed by atoms with E-state index in [0.29, 0.717) is 17.2 Å². The average molecular weight is 578 g/mol. The Hall–Kier alpha value is -4.36. The molecule has 0 bridgehead atoms. The summed E-state index contributed by atoms with van der Waals surface area (Å²) in [6.07, 6.45) is 1.06. The molecular weight excluding hydrogens is 542 g/mol. The van der Waals surface area contributed by atoms with E-state index in [4.69, 9.17) is 25.4 Å². The van der Waals surface area contributed by atoms with E-state index < -0.39 is 35.6 Å². The van der Waals surface area contributed by atoms with Crippen molar-refractivity contribution >= 4 is 11.8 Å². The zero-order valence-corrected chi connectivity index (χ0v) is 23.8. The Morgan fingerprint density at radius 1 is 0.905 bits per heavy atom. The lowest BCUT2D eigenvalue weighted by Crippen LogP contribution is -2.40. The largest absolute Gasteiger partial charge is 0.448 e. The van der Waals surface area contributed by atoms with Crippen molar-refractivity contribution in [1.82, 2.24) is 15.0 Å². The van der Waals surface area contributed by atoms with Gasteiger partial charge in [0.2, 0.25) is 11.8 Å². The zero-order valence-electron chi connectivity index (χ0n) is 23.8. The average Bonchev–Trinajstić information content (AvgIpc) is 3.57. The van der Waals surface area contributed by atoms with Gasteiger partial charge >= 0.3 is 0 Å². The van der Waals surface area contributed by atoms with Crippen molar-refractivity contribution in [3.63, 3.8) is 0 Å². The summed E-state index contributed by atoms with van der Waals surface area (Å²) in [7, 11) is 0. The van der Waals surface area contributed by atoms with E-state index in [1.807, 2.05) is 48.5 Å². The second-order valence-electron chi connectivity index (χ2n) is 10.8. The lowest BCUT2D eigenvalue weighted by atomic mass is 10.0. The number of rotatable bonds is 13. The molecule has 0 aliphatic rings. The van der Waals surface area contributed by atoms with Gasteiger partial charge in [0.15, 0.2) is 17.5 Å². The Bertz CT molecular complexity index is 1510. The van der Waals surface area contributed by atoms with Gasteiger partial charge in [-0.1, -0.05) is 48.5 Å². The first-order chi connectivity index (χ1) is 19.7. The van der Waals surface area contributed by atoms with Gasteiger partial charge in [0.05, 0.1) is 24.7 Å². The minimum absolute atomic E-state index is 0.0141. The third-order valence-electron chi connectivity index (χ3n) is 6.09. The number of imidazole rings is 1. The fourth-order valence-corrected chi connectivity index (χ4v) is 4.29. The quantitative estimate of drug-likeness (QED) is 0.148. The van der Waals surface area contributed by atoms with Crippen LogP contribution in [0.4, 0.5) is 0 Å². The number of aromatic amines is 1. The number of aromatic nitrogens is 3.